The molecule has 4 heteroatoms. The van der Waals surface area contributed by atoms with E-state index in [1.807, 2.05) is 0 Å². The Morgan fingerprint density at radius 3 is 1.05 bits per heavy atom. The van der Waals surface area contributed by atoms with Crippen LogP contribution >= 0.6 is 0 Å². The van der Waals surface area contributed by atoms with E-state index in [-0.39, 0.29) is 6.71 Å². The fourth-order valence-electron chi connectivity index (χ4n) is 22.9. The highest BCUT2D eigenvalue weighted by Crippen LogP contribution is 2.68. The number of anilines is 6. The maximum Gasteiger partial charge on any atom is 0.253 e. The minimum Gasteiger partial charge on any atom is -0.311 e. The Hall–Kier alpha value is -13.8. The van der Waals surface area contributed by atoms with Gasteiger partial charge >= 0.3 is 0 Å². The lowest BCUT2D eigenvalue weighted by molar-refractivity contribution is 0.793. The lowest BCUT2D eigenvalue weighted by Gasteiger charge is -2.47. The minimum absolute atomic E-state index is 0.358. The summed E-state index contributed by atoms with van der Waals surface area (Å²) in [5.74, 6) is 0. The van der Waals surface area contributed by atoms with Crippen molar-refractivity contribution in [3.8, 4) is 83.6 Å². The summed E-state index contributed by atoms with van der Waals surface area (Å²) in [5.41, 5.74) is 45.9. The maximum atomic E-state index is 2.76. The number of para-hydroxylation sites is 2. The van der Waals surface area contributed by atoms with E-state index in [0.29, 0.717) is 0 Å². The number of hydrogen-bond donors (Lipinski definition) is 0. The molecule has 0 radical (unpaired) electrons. The molecule has 17 aromatic carbocycles. The summed E-state index contributed by atoms with van der Waals surface area (Å²) in [4.78, 5) is 5.46. The van der Waals surface area contributed by atoms with Crippen molar-refractivity contribution in [3.05, 3.63) is 443 Å². The standard InChI is InChI=1S/C105H62BN3/c1-2-26-63(27-3-1)64-50-52-65(53-51-64)107-95-58-56-79-75-35-11-22-46-88(75)105(86-44-20-9-32-72(86)73-33-10-21-45-87(73)105)99(79)102(95)106-100-96(107)61-67(109-92-48-24-13-36-77(92)78-37-14-25-49-93(78)109)62-97(100)108(66-54-55-76-74-34-8-19-43-85(74)104(91(76)60-66)83-41-17-6-30-70(83)71-31-7-18-42-84(71)104)94-59-57-90-98(101(94)106)80-38-12-23-47-89(80)103(90)81-39-15-4-28-68(81)69-29-5-16-40-82(69)103/h1-62H. The first-order valence-corrected chi connectivity index (χ1v) is 38.4. The van der Waals surface area contributed by atoms with Crippen LogP contribution in [0.4, 0.5) is 34.1 Å². The lowest BCUT2D eigenvalue weighted by Crippen LogP contribution is -2.63. The molecule has 0 amide bonds. The van der Waals surface area contributed by atoms with Gasteiger partial charge in [0.05, 0.1) is 33.0 Å². The summed E-state index contributed by atoms with van der Waals surface area (Å²) < 4.78 is 2.56. The van der Waals surface area contributed by atoms with Gasteiger partial charge in [-0.2, -0.15) is 0 Å². The highest BCUT2D eigenvalue weighted by molar-refractivity contribution is 7.01. The van der Waals surface area contributed by atoms with E-state index in [9.17, 15) is 0 Å². The Morgan fingerprint density at radius 1 is 0.202 bits per heavy atom. The molecule has 2 aliphatic heterocycles. The molecule has 0 bridgehead atoms. The third-order valence-corrected chi connectivity index (χ3v) is 26.6. The van der Waals surface area contributed by atoms with Gasteiger partial charge in [-0.3, -0.25) is 0 Å². The van der Waals surface area contributed by atoms with Gasteiger partial charge in [-0.15, -0.1) is 0 Å². The fraction of sp³-hybridized carbons (Fsp3) is 0.0286. The zero-order valence-corrected chi connectivity index (χ0v) is 59.2. The van der Waals surface area contributed by atoms with Crippen LogP contribution in [0.2, 0.25) is 0 Å². The van der Waals surface area contributed by atoms with Crippen molar-refractivity contribution >= 4 is 79.0 Å². The van der Waals surface area contributed by atoms with Gasteiger partial charge in [0.2, 0.25) is 0 Å². The van der Waals surface area contributed by atoms with Crippen LogP contribution < -0.4 is 26.2 Å². The molecule has 18 aromatic rings. The second kappa shape index (κ2) is 20.8. The normalized spacial score (nSPS) is 15.0. The van der Waals surface area contributed by atoms with E-state index in [1.165, 1.54) is 183 Å². The Labute approximate surface area is 631 Å². The van der Waals surface area contributed by atoms with Crippen LogP contribution in [0.15, 0.2) is 376 Å². The van der Waals surface area contributed by atoms with Gasteiger partial charge in [0.15, 0.2) is 0 Å². The van der Waals surface area contributed by atoms with E-state index in [4.69, 9.17) is 0 Å². The third kappa shape index (κ3) is 6.92. The Bertz CT molecular complexity index is 6930. The van der Waals surface area contributed by atoms with Gasteiger partial charge < -0.3 is 14.4 Å². The first-order chi connectivity index (χ1) is 54.1. The molecular formula is C105H62BN3. The summed E-state index contributed by atoms with van der Waals surface area (Å²) >= 11 is 0. The first kappa shape index (κ1) is 58.5. The van der Waals surface area contributed by atoms with Crippen molar-refractivity contribution in [1.82, 2.24) is 4.57 Å². The average molecular weight is 1380 g/mol. The first-order valence-electron chi connectivity index (χ1n) is 38.4. The lowest BCUT2D eigenvalue weighted by atomic mass is 9.31. The van der Waals surface area contributed by atoms with E-state index in [1.54, 1.807) is 0 Å². The quantitative estimate of drug-likeness (QED) is 0.163. The zero-order chi connectivity index (χ0) is 70.7. The molecule has 8 aliphatic rings. The molecule has 0 N–H and O–H groups in total. The smallest absolute Gasteiger partial charge is 0.253 e. The van der Waals surface area contributed by atoms with Gasteiger partial charge in [-0.25, -0.2) is 0 Å². The highest BCUT2D eigenvalue weighted by atomic mass is 15.2. The zero-order valence-electron chi connectivity index (χ0n) is 59.2. The molecule has 0 atom stereocenters. The highest BCUT2D eigenvalue weighted by Gasteiger charge is 2.60. The molecule has 0 saturated heterocycles. The third-order valence-electron chi connectivity index (χ3n) is 26.6. The largest absolute Gasteiger partial charge is 0.311 e. The molecule has 0 fully saturated rings. The molecule has 500 valence electrons. The second-order valence-corrected chi connectivity index (χ2v) is 31.0. The predicted molar refractivity (Wildman–Crippen MR) is 449 cm³/mol. The van der Waals surface area contributed by atoms with Gasteiger partial charge in [0.1, 0.15) is 0 Å². The Balaban J connectivity index is 0.863. The minimum atomic E-state index is -0.719. The monoisotopic (exact) mass is 1380 g/mol. The van der Waals surface area contributed by atoms with Gasteiger partial charge in [0.25, 0.3) is 6.71 Å². The molecule has 109 heavy (non-hydrogen) atoms. The molecule has 0 saturated carbocycles. The van der Waals surface area contributed by atoms with Crippen molar-refractivity contribution in [3.63, 3.8) is 0 Å². The topological polar surface area (TPSA) is 11.4 Å². The van der Waals surface area contributed by atoms with Crippen molar-refractivity contribution in [2.24, 2.45) is 0 Å². The molecule has 6 aliphatic carbocycles. The second-order valence-electron chi connectivity index (χ2n) is 31.0. The van der Waals surface area contributed by atoms with E-state index < -0.39 is 16.2 Å². The van der Waals surface area contributed by atoms with Crippen molar-refractivity contribution in [2.75, 3.05) is 9.80 Å². The van der Waals surface area contributed by atoms with Crippen LogP contribution in [0.25, 0.3) is 105 Å². The molecule has 0 unspecified atom stereocenters. The SMILES string of the molecule is c1ccc(-c2ccc(N3c4cc(-n5c6ccccc6c6ccccc65)cc5c4B(c4c(ccc6c4-c4ccccc4C64c6ccccc6-c6ccccc64)N5c4ccc5c(c4)C4(c6ccccc6-c6ccccc64)c4ccccc4-5)c4c3ccc3c4C4(c5ccccc5-c5ccccc54)c4ccccc4-3)cc2)cc1. The number of hydrogen-bond acceptors (Lipinski definition) is 2. The number of nitrogens with zero attached hydrogens (tertiary/aromatic N) is 3. The van der Waals surface area contributed by atoms with Crippen LogP contribution in [-0.2, 0) is 16.2 Å². The Morgan fingerprint density at radius 2 is 0.550 bits per heavy atom. The summed E-state index contributed by atoms with van der Waals surface area (Å²) in [7, 11) is 0. The van der Waals surface area contributed by atoms with E-state index in [2.05, 4.69) is 390 Å². The molecule has 26 rings (SSSR count). The van der Waals surface area contributed by atoms with Crippen LogP contribution in [-0.4, -0.2) is 11.3 Å². The number of rotatable bonds is 4. The number of fused-ring (bicyclic) bond motifs is 39. The average Bonchev–Trinajstić information content (AvgIpc) is 1.53. The van der Waals surface area contributed by atoms with Gasteiger partial charge in [-0.1, -0.05) is 315 Å². The predicted octanol–water partition coefficient (Wildman–Crippen LogP) is 23.6. The molecule has 3 heterocycles. The van der Waals surface area contributed by atoms with Crippen LogP contribution in [0.5, 0.6) is 0 Å². The fourth-order valence-corrected chi connectivity index (χ4v) is 22.9. The van der Waals surface area contributed by atoms with Crippen LogP contribution in [0, 0.1) is 0 Å². The van der Waals surface area contributed by atoms with Crippen molar-refractivity contribution in [1.29, 1.82) is 0 Å². The van der Waals surface area contributed by atoms with Crippen molar-refractivity contribution in [2.45, 2.75) is 16.2 Å². The van der Waals surface area contributed by atoms with Crippen LogP contribution in [0.3, 0.4) is 0 Å². The number of benzene rings is 17. The van der Waals surface area contributed by atoms with E-state index in [0.717, 1.165) is 39.5 Å². The maximum absolute atomic E-state index is 2.76. The molecule has 1 aromatic heterocycles. The molecular weight excluding hydrogens is 1310 g/mol. The summed E-state index contributed by atoms with van der Waals surface area (Å²) in [5, 5.41) is 2.44. The summed E-state index contributed by atoms with van der Waals surface area (Å²) in [6, 6.07) is 146. The summed E-state index contributed by atoms with van der Waals surface area (Å²) in [6.45, 7) is -0.358. The van der Waals surface area contributed by atoms with Gasteiger partial charge in [0, 0.05) is 44.9 Å². The summed E-state index contributed by atoms with van der Waals surface area (Å²) in [6.07, 6.45) is 0. The Kier molecular flexibility index (Phi) is 11.2. The van der Waals surface area contributed by atoms with E-state index >= 15 is 0 Å². The molecule has 3 spiro atoms. The van der Waals surface area contributed by atoms with Gasteiger partial charge in [-0.05, 0) is 222 Å². The van der Waals surface area contributed by atoms with Crippen molar-refractivity contribution < 1.29 is 0 Å². The van der Waals surface area contributed by atoms with Crippen LogP contribution in [0.1, 0.15) is 66.8 Å². The molecule has 3 nitrogen and oxygen atoms in total. The number of aromatic nitrogens is 1.